The second kappa shape index (κ2) is 8.49. The SMILES string of the molecule is CC(C)(C)OC(=O)Nc1c(O)ccc2ccc(-c3cccc(C(=O)OC(C)(C)C)n3)cc12. The maximum absolute atomic E-state index is 12.4. The van der Waals surface area contributed by atoms with E-state index in [1.54, 1.807) is 71.9 Å². The minimum atomic E-state index is -0.679. The van der Waals surface area contributed by atoms with E-state index >= 15 is 0 Å². The molecule has 0 radical (unpaired) electrons. The molecule has 7 heteroatoms. The van der Waals surface area contributed by atoms with Gasteiger partial charge in [-0.15, -0.1) is 0 Å². The van der Waals surface area contributed by atoms with Crippen molar-refractivity contribution in [2.75, 3.05) is 5.32 Å². The molecule has 0 spiro atoms. The Morgan fingerprint density at radius 3 is 2.22 bits per heavy atom. The molecule has 0 atom stereocenters. The molecule has 0 unspecified atom stereocenters. The third kappa shape index (κ3) is 5.75. The molecule has 3 aromatic rings. The Hall–Kier alpha value is -3.61. The van der Waals surface area contributed by atoms with Gasteiger partial charge in [-0.2, -0.15) is 0 Å². The number of phenolic OH excluding ortho intramolecular Hbond substituents is 1. The lowest BCUT2D eigenvalue weighted by molar-refractivity contribution is 0.00627. The van der Waals surface area contributed by atoms with Gasteiger partial charge >= 0.3 is 12.1 Å². The average molecular weight is 437 g/mol. The van der Waals surface area contributed by atoms with Crippen molar-refractivity contribution < 1.29 is 24.2 Å². The Bertz CT molecular complexity index is 1170. The third-order valence-corrected chi connectivity index (χ3v) is 4.28. The number of carbonyl (C=O) groups excluding carboxylic acids is 2. The van der Waals surface area contributed by atoms with Gasteiger partial charge in [-0.05, 0) is 71.2 Å². The maximum Gasteiger partial charge on any atom is 0.412 e. The molecule has 7 nitrogen and oxygen atoms in total. The van der Waals surface area contributed by atoms with Crippen LogP contribution in [0.2, 0.25) is 0 Å². The zero-order valence-corrected chi connectivity index (χ0v) is 19.1. The minimum Gasteiger partial charge on any atom is -0.506 e. The maximum atomic E-state index is 12.4. The number of aromatic nitrogens is 1. The molecule has 1 amide bonds. The van der Waals surface area contributed by atoms with E-state index < -0.39 is 23.3 Å². The van der Waals surface area contributed by atoms with Crippen LogP contribution in [0.4, 0.5) is 10.5 Å². The van der Waals surface area contributed by atoms with Crippen molar-refractivity contribution >= 4 is 28.5 Å². The minimum absolute atomic E-state index is 0.0871. The van der Waals surface area contributed by atoms with Crippen molar-refractivity contribution in [1.82, 2.24) is 4.98 Å². The summed E-state index contributed by atoms with van der Waals surface area (Å²) in [5.41, 5.74) is 0.392. The van der Waals surface area contributed by atoms with Gasteiger partial charge in [-0.1, -0.05) is 24.3 Å². The summed E-state index contributed by atoms with van der Waals surface area (Å²) in [7, 11) is 0. The topological polar surface area (TPSA) is 97.8 Å². The third-order valence-electron chi connectivity index (χ3n) is 4.28. The van der Waals surface area contributed by atoms with Crippen molar-refractivity contribution in [2.45, 2.75) is 52.7 Å². The number of phenols is 1. The lowest BCUT2D eigenvalue weighted by Crippen LogP contribution is -2.27. The summed E-state index contributed by atoms with van der Waals surface area (Å²) >= 11 is 0. The number of nitrogens with one attached hydrogen (secondary N) is 1. The van der Waals surface area contributed by atoms with Gasteiger partial charge in [0.1, 0.15) is 22.6 Å². The van der Waals surface area contributed by atoms with Crippen LogP contribution in [0.3, 0.4) is 0 Å². The molecule has 32 heavy (non-hydrogen) atoms. The summed E-state index contributed by atoms with van der Waals surface area (Å²) in [6, 6.07) is 13.9. The highest BCUT2D eigenvalue weighted by molar-refractivity contribution is 6.04. The highest BCUT2D eigenvalue weighted by atomic mass is 16.6. The van der Waals surface area contributed by atoms with Crippen molar-refractivity contribution in [3.63, 3.8) is 0 Å². The highest BCUT2D eigenvalue weighted by Crippen LogP contribution is 2.35. The number of esters is 1. The number of carbonyl (C=O) groups is 2. The van der Waals surface area contributed by atoms with Crippen molar-refractivity contribution in [1.29, 1.82) is 0 Å². The number of pyridine rings is 1. The second-order valence-corrected chi connectivity index (χ2v) is 9.43. The molecule has 0 aliphatic heterocycles. The van der Waals surface area contributed by atoms with Crippen molar-refractivity contribution in [2.24, 2.45) is 0 Å². The van der Waals surface area contributed by atoms with E-state index in [0.717, 1.165) is 5.39 Å². The normalized spacial score (nSPS) is 11.8. The van der Waals surface area contributed by atoms with Crippen LogP contribution in [0.1, 0.15) is 52.0 Å². The first-order chi connectivity index (χ1) is 14.8. The number of nitrogens with zero attached hydrogens (tertiary/aromatic N) is 1. The first-order valence-corrected chi connectivity index (χ1v) is 10.3. The molecule has 2 aromatic carbocycles. The van der Waals surface area contributed by atoms with Gasteiger partial charge in [0.05, 0.1) is 11.4 Å². The number of ether oxygens (including phenoxy) is 2. The van der Waals surface area contributed by atoms with Gasteiger partial charge < -0.3 is 14.6 Å². The van der Waals surface area contributed by atoms with Crippen LogP contribution in [0.25, 0.3) is 22.0 Å². The fourth-order valence-electron chi connectivity index (χ4n) is 3.04. The molecular formula is C25H28N2O5. The number of amides is 1. The first kappa shape index (κ1) is 23.1. The Labute approximate surface area is 187 Å². The quantitative estimate of drug-likeness (QED) is 0.391. The van der Waals surface area contributed by atoms with Gasteiger partial charge in [0, 0.05) is 10.9 Å². The van der Waals surface area contributed by atoms with Crippen LogP contribution in [-0.4, -0.2) is 33.4 Å². The summed E-state index contributed by atoms with van der Waals surface area (Å²) in [4.78, 5) is 29.2. The van der Waals surface area contributed by atoms with Crippen LogP contribution < -0.4 is 5.32 Å². The Kier molecular flexibility index (Phi) is 6.12. The van der Waals surface area contributed by atoms with Crippen LogP contribution in [0.5, 0.6) is 5.75 Å². The number of hydrogen-bond acceptors (Lipinski definition) is 6. The van der Waals surface area contributed by atoms with Crippen LogP contribution in [0.15, 0.2) is 48.5 Å². The van der Waals surface area contributed by atoms with Gasteiger partial charge in [0.15, 0.2) is 0 Å². The Morgan fingerprint density at radius 2 is 1.56 bits per heavy atom. The monoisotopic (exact) mass is 436 g/mol. The van der Waals surface area contributed by atoms with Crippen LogP contribution >= 0.6 is 0 Å². The average Bonchev–Trinajstić information content (AvgIpc) is 2.67. The fraction of sp³-hybridized carbons (Fsp3) is 0.320. The first-order valence-electron chi connectivity index (χ1n) is 10.3. The molecule has 168 valence electrons. The van der Waals surface area contributed by atoms with E-state index in [4.69, 9.17) is 9.47 Å². The smallest absolute Gasteiger partial charge is 0.412 e. The largest absolute Gasteiger partial charge is 0.506 e. The molecular weight excluding hydrogens is 408 g/mol. The highest BCUT2D eigenvalue weighted by Gasteiger charge is 2.20. The van der Waals surface area contributed by atoms with Gasteiger partial charge in [0.25, 0.3) is 0 Å². The molecule has 0 aliphatic rings. The predicted octanol–water partition coefficient (Wildman–Crippen LogP) is 5.91. The number of anilines is 1. The summed E-state index contributed by atoms with van der Waals surface area (Å²) in [6.45, 7) is 10.7. The molecule has 0 saturated heterocycles. The van der Waals surface area contributed by atoms with E-state index in [0.29, 0.717) is 16.6 Å². The lowest BCUT2D eigenvalue weighted by Gasteiger charge is -2.20. The summed E-state index contributed by atoms with van der Waals surface area (Å²) in [5, 5.41) is 14.4. The summed E-state index contributed by atoms with van der Waals surface area (Å²) in [6.07, 6.45) is -0.671. The fourth-order valence-corrected chi connectivity index (χ4v) is 3.04. The molecule has 2 N–H and O–H groups in total. The molecule has 0 aliphatic carbocycles. The van der Waals surface area contributed by atoms with Crippen molar-refractivity contribution in [3.8, 4) is 17.0 Å². The molecule has 0 saturated carbocycles. The molecule has 1 aromatic heterocycles. The van der Waals surface area contributed by atoms with E-state index in [1.165, 1.54) is 6.07 Å². The van der Waals surface area contributed by atoms with Crippen LogP contribution in [-0.2, 0) is 9.47 Å². The second-order valence-electron chi connectivity index (χ2n) is 9.43. The number of fused-ring (bicyclic) bond motifs is 1. The van der Waals surface area contributed by atoms with E-state index in [1.807, 2.05) is 12.1 Å². The Balaban J connectivity index is 2.00. The van der Waals surface area contributed by atoms with Gasteiger partial charge in [0.2, 0.25) is 0 Å². The zero-order chi connectivity index (χ0) is 23.7. The van der Waals surface area contributed by atoms with E-state index in [-0.39, 0.29) is 17.1 Å². The Morgan fingerprint density at radius 1 is 0.906 bits per heavy atom. The van der Waals surface area contributed by atoms with Gasteiger partial charge in [-0.3, -0.25) is 5.32 Å². The molecule has 3 rings (SSSR count). The molecule has 1 heterocycles. The van der Waals surface area contributed by atoms with Crippen molar-refractivity contribution in [3.05, 3.63) is 54.2 Å². The van der Waals surface area contributed by atoms with Crippen LogP contribution in [0, 0.1) is 0 Å². The standard InChI is InChI=1S/C25H28N2O5/c1-24(2,3)31-22(29)19-9-7-8-18(26-19)16-11-10-15-12-13-20(28)21(17(15)14-16)27-23(30)32-25(4,5)6/h7-14,28H,1-6H3,(H,27,30). The predicted molar refractivity (Wildman–Crippen MR) is 124 cm³/mol. The number of rotatable bonds is 3. The number of hydrogen-bond donors (Lipinski definition) is 2. The lowest BCUT2D eigenvalue weighted by atomic mass is 10.0. The zero-order valence-electron chi connectivity index (χ0n) is 19.1. The van der Waals surface area contributed by atoms with Gasteiger partial charge in [-0.25, -0.2) is 14.6 Å². The van der Waals surface area contributed by atoms with E-state index in [2.05, 4.69) is 10.3 Å². The molecule has 0 fully saturated rings. The number of aromatic hydroxyl groups is 1. The molecule has 0 bridgehead atoms. The summed E-state index contributed by atoms with van der Waals surface area (Å²) < 4.78 is 10.7. The number of benzene rings is 2. The summed E-state index contributed by atoms with van der Waals surface area (Å²) in [5.74, 6) is -0.596. The van der Waals surface area contributed by atoms with E-state index in [9.17, 15) is 14.7 Å².